The Kier molecular flexibility index (Phi) is 9.24. The minimum Gasteiger partial charge on any atom is -0.353 e. The van der Waals surface area contributed by atoms with Gasteiger partial charge in [0.1, 0.15) is 6.04 Å². The van der Waals surface area contributed by atoms with E-state index in [9.17, 15) is 18.0 Å². The first kappa shape index (κ1) is 30.9. The average molecular weight is 598 g/mol. The Labute approximate surface area is 250 Å². The van der Waals surface area contributed by atoms with E-state index in [1.807, 2.05) is 51.1 Å². The molecule has 0 fully saturated rings. The lowest BCUT2D eigenvalue weighted by Crippen LogP contribution is -2.54. The fraction of sp³-hybridized carbons (Fsp3) is 0.258. The van der Waals surface area contributed by atoms with Crippen molar-refractivity contribution < 1.29 is 18.0 Å². The van der Waals surface area contributed by atoms with Gasteiger partial charge in [0.15, 0.2) is 5.69 Å². The van der Waals surface area contributed by atoms with E-state index in [1.54, 1.807) is 28.9 Å². The van der Waals surface area contributed by atoms with E-state index in [1.165, 1.54) is 24.3 Å². The van der Waals surface area contributed by atoms with Crippen molar-refractivity contribution in [1.29, 1.82) is 10.5 Å². The van der Waals surface area contributed by atoms with Crippen molar-refractivity contribution in [3.63, 3.8) is 0 Å². The Bertz CT molecular complexity index is 1830. The molecule has 3 N–H and O–H groups in total. The van der Waals surface area contributed by atoms with Gasteiger partial charge in [0.05, 0.1) is 40.2 Å². The van der Waals surface area contributed by atoms with Crippen LogP contribution in [0.1, 0.15) is 48.0 Å². The molecule has 0 aliphatic carbocycles. The zero-order valence-electron chi connectivity index (χ0n) is 24.0. The summed E-state index contributed by atoms with van der Waals surface area (Å²) >= 11 is 0. The minimum absolute atomic E-state index is 0.00324. The van der Waals surface area contributed by atoms with Gasteiger partial charge in [-0.25, -0.2) is 13.1 Å². The Morgan fingerprint density at radius 3 is 2.12 bits per heavy atom. The standard InChI is InChI=1S/C31H31N7O4S/c1-31(2,3)28(30(40)34-16-17-35-43(41,42)24-14-12-22(19-33)13-15-24)36-29(39)27-25-6-4-5-7-26(25)38(37-27)20-23-10-8-21(18-32)9-11-23/h4-15,28,35H,16-17,20H2,1-3H3,(H,34,40)(H,36,39)/t28-/m1/s1. The highest BCUT2D eigenvalue weighted by molar-refractivity contribution is 7.89. The first-order chi connectivity index (χ1) is 20.4. The summed E-state index contributed by atoms with van der Waals surface area (Å²) in [4.78, 5) is 26.7. The molecule has 11 nitrogen and oxygen atoms in total. The normalized spacial score (nSPS) is 12.2. The number of fused-ring (bicyclic) bond motifs is 1. The maximum Gasteiger partial charge on any atom is 0.273 e. The summed E-state index contributed by atoms with van der Waals surface area (Å²) in [5.74, 6) is -0.994. The summed E-state index contributed by atoms with van der Waals surface area (Å²) in [6, 6.07) is 23.0. The predicted molar refractivity (Wildman–Crippen MR) is 160 cm³/mol. The highest BCUT2D eigenvalue weighted by Gasteiger charge is 2.34. The number of carbonyl (C=O) groups excluding carboxylic acids is 2. The van der Waals surface area contributed by atoms with Crippen LogP contribution in [-0.2, 0) is 21.4 Å². The Morgan fingerprint density at radius 1 is 0.907 bits per heavy atom. The van der Waals surface area contributed by atoms with Crippen LogP contribution in [0.2, 0.25) is 0 Å². The van der Waals surface area contributed by atoms with Gasteiger partial charge in [-0.3, -0.25) is 14.3 Å². The van der Waals surface area contributed by atoms with Gasteiger partial charge < -0.3 is 10.6 Å². The molecule has 0 unspecified atom stereocenters. The zero-order valence-corrected chi connectivity index (χ0v) is 24.8. The predicted octanol–water partition coefficient (Wildman–Crippen LogP) is 3.07. The molecule has 0 saturated carbocycles. The second kappa shape index (κ2) is 12.9. The molecule has 1 aromatic heterocycles. The number of aromatic nitrogens is 2. The van der Waals surface area contributed by atoms with Crippen LogP contribution in [0.25, 0.3) is 10.9 Å². The van der Waals surface area contributed by atoms with E-state index in [-0.39, 0.29) is 23.7 Å². The molecule has 1 heterocycles. The van der Waals surface area contributed by atoms with Crippen LogP contribution < -0.4 is 15.4 Å². The van der Waals surface area contributed by atoms with E-state index in [0.29, 0.717) is 23.1 Å². The largest absolute Gasteiger partial charge is 0.353 e. The molecule has 1 atom stereocenters. The fourth-order valence-corrected chi connectivity index (χ4v) is 5.45. The lowest BCUT2D eigenvalue weighted by Gasteiger charge is -2.30. The average Bonchev–Trinajstić information content (AvgIpc) is 3.36. The smallest absolute Gasteiger partial charge is 0.273 e. The number of amides is 2. The maximum atomic E-state index is 13.5. The third-order valence-corrected chi connectivity index (χ3v) is 8.18. The first-order valence-corrected chi connectivity index (χ1v) is 14.9. The molecule has 0 aliphatic heterocycles. The van der Waals surface area contributed by atoms with Crippen LogP contribution in [0.4, 0.5) is 0 Å². The van der Waals surface area contributed by atoms with Crippen molar-refractivity contribution >= 4 is 32.7 Å². The zero-order chi connectivity index (χ0) is 31.2. The molecule has 2 amide bonds. The Morgan fingerprint density at radius 2 is 1.51 bits per heavy atom. The van der Waals surface area contributed by atoms with E-state index in [4.69, 9.17) is 10.5 Å². The number of nitrogens with one attached hydrogen (secondary N) is 3. The lowest BCUT2D eigenvalue weighted by atomic mass is 9.86. The van der Waals surface area contributed by atoms with Gasteiger partial charge in [-0.2, -0.15) is 15.6 Å². The SMILES string of the molecule is CC(C)(C)[C@H](NC(=O)c1nn(Cc2ccc(C#N)cc2)c2ccccc12)C(=O)NCCNS(=O)(=O)c1ccc(C#N)cc1. The van der Waals surface area contributed by atoms with Gasteiger partial charge >= 0.3 is 0 Å². The van der Waals surface area contributed by atoms with Crippen molar-refractivity contribution in [2.45, 2.75) is 38.3 Å². The summed E-state index contributed by atoms with van der Waals surface area (Å²) in [6.07, 6.45) is 0. The second-order valence-corrected chi connectivity index (χ2v) is 12.7. The number of rotatable bonds is 10. The lowest BCUT2D eigenvalue weighted by molar-refractivity contribution is -0.125. The molecule has 12 heteroatoms. The molecule has 0 spiro atoms. The van der Waals surface area contributed by atoms with E-state index < -0.39 is 33.3 Å². The summed E-state index contributed by atoms with van der Waals surface area (Å²) in [6.45, 7) is 5.72. The minimum atomic E-state index is -3.84. The molecule has 4 aromatic rings. The van der Waals surface area contributed by atoms with Gasteiger partial charge in [0, 0.05) is 18.5 Å². The van der Waals surface area contributed by atoms with Crippen LogP contribution in [0.15, 0.2) is 77.7 Å². The number of nitrogens with zero attached hydrogens (tertiary/aromatic N) is 4. The molecule has 43 heavy (non-hydrogen) atoms. The summed E-state index contributed by atoms with van der Waals surface area (Å²) < 4.78 is 29.2. The van der Waals surface area contributed by atoms with Gasteiger partial charge in [0.25, 0.3) is 5.91 Å². The van der Waals surface area contributed by atoms with E-state index in [0.717, 1.165) is 11.1 Å². The molecule has 3 aromatic carbocycles. The molecule has 0 bridgehead atoms. The summed E-state index contributed by atoms with van der Waals surface area (Å²) in [5.41, 5.74) is 2.02. The third kappa shape index (κ3) is 7.43. The first-order valence-electron chi connectivity index (χ1n) is 13.5. The van der Waals surface area contributed by atoms with Crippen LogP contribution in [0.5, 0.6) is 0 Å². The molecule has 4 rings (SSSR count). The topological polar surface area (TPSA) is 170 Å². The fourth-order valence-electron chi connectivity index (χ4n) is 4.41. The summed E-state index contributed by atoms with van der Waals surface area (Å²) in [5, 5.41) is 28.7. The molecule has 0 aliphatic rings. The molecular formula is C31H31N7O4S. The van der Waals surface area contributed by atoms with Crippen molar-refractivity contribution in [2.24, 2.45) is 5.41 Å². The highest BCUT2D eigenvalue weighted by atomic mass is 32.2. The van der Waals surface area contributed by atoms with Gasteiger partial charge in [-0.15, -0.1) is 0 Å². The number of nitriles is 2. The van der Waals surface area contributed by atoms with Crippen molar-refractivity contribution in [1.82, 2.24) is 25.1 Å². The Hall–Kier alpha value is -5.04. The van der Waals surface area contributed by atoms with Gasteiger partial charge in [-0.1, -0.05) is 51.1 Å². The van der Waals surface area contributed by atoms with Crippen molar-refractivity contribution in [3.8, 4) is 12.1 Å². The van der Waals surface area contributed by atoms with E-state index >= 15 is 0 Å². The third-order valence-electron chi connectivity index (χ3n) is 6.70. The van der Waals surface area contributed by atoms with Gasteiger partial charge in [0.2, 0.25) is 15.9 Å². The number of para-hydroxylation sites is 1. The quantitative estimate of drug-likeness (QED) is 0.236. The summed E-state index contributed by atoms with van der Waals surface area (Å²) in [7, 11) is -3.84. The van der Waals surface area contributed by atoms with Crippen LogP contribution >= 0.6 is 0 Å². The van der Waals surface area contributed by atoms with Crippen molar-refractivity contribution in [2.75, 3.05) is 13.1 Å². The second-order valence-electron chi connectivity index (χ2n) is 10.9. The Balaban J connectivity index is 1.44. The molecule has 0 radical (unpaired) electrons. The number of hydrogen-bond acceptors (Lipinski definition) is 7. The van der Waals surface area contributed by atoms with Crippen LogP contribution in [0.3, 0.4) is 0 Å². The monoisotopic (exact) mass is 597 g/mol. The van der Waals surface area contributed by atoms with E-state index in [2.05, 4.69) is 26.5 Å². The number of benzene rings is 3. The van der Waals surface area contributed by atoms with Crippen molar-refractivity contribution in [3.05, 3.63) is 95.2 Å². The number of carbonyl (C=O) groups is 2. The van der Waals surface area contributed by atoms with Crippen LogP contribution in [0, 0.1) is 28.1 Å². The van der Waals surface area contributed by atoms with Crippen LogP contribution in [-0.4, -0.2) is 49.1 Å². The highest BCUT2D eigenvalue weighted by Crippen LogP contribution is 2.23. The number of hydrogen-bond donors (Lipinski definition) is 3. The number of sulfonamides is 1. The van der Waals surface area contributed by atoms with Gasteiger partial charge in [-0.05, 0) is 53.4 Å². The maximum absolute atomic E-state index is 13.5. The molecule has 0 saturated heterocycles. The molecule has 220 valence electrons. The molecular weight excluding hydrogens is 566 g/mol.